The highest BCUT2D eigenvalue weighted by Gasteiger charge is 2.19. The number of hydrogen-bond donors (Lipinski definition) is 1. The number of H-pyrrole nitrogens is 1. The van der Waals surface area contributed by atoms with Gasteiger partial charge in [-0.1, -0.05) is 30.3 Å². The van der Waals surface area contributed by atoms with Crippen molar-refractivity contribution in [3.63, 3.8) is 0 Å². The lowest BCUT2D eigenvalue weighted by Crippen LogP contribution is -2.07. The number of ether oxygens (including phenoxy) is 1. The minimum atomic E-state index is -0.499. The number of benzene rings is 1. The van der Waals surface area contributed by atoms with E-state index in [1.54, 1.807) is 13.0 Å². The van der Waals surface area contributed by atoms with Gasteiger partial charge in [0.2, 0.25) is 0 Å². The van der Waals surface area contributed by atoms with Crippen LogP contribution >= 0.6 is 0 Å². The number of aromatic nitrogens is 1. The van der Waals surface area contributed by atoms with Crippen LogP contribution in [0.4, 0.5) is 0 Å². The van der Waals surface area contributed by atoms with Crippen LogP contribution in [0, 0.1) is 6.92 Å². The highest BCUT2D eigenvalue weighted by molar-refractivity contribution is 6.07. The van der Waals surface area contributed by atoms with Gasteiger partial charge in [0.15, 0.2) is 5.43 Å². The Kier molecular flexibility index (Phi) is 2.79. The molecule has 0 bridgehead atoms. The monoisotopic (exact) mass is 267 g/mol. The lowest BCUT2D eigenvalue weighted by molar-refractivity contribution is 0.0602. The Morgan fingerprint density at radius 3 is 2.65 bits per heavy atom. The van der Waals surface area contributed by atoms with Crippen LogP contribution in [-0.2, 0) is 4.74 Å². The normalized spacial score (nSPS) is 10.9. The fourth-order valence-electron chi connectivity index (χ4n) is 2.52. The van der Waals surface area contributed by atoms with Crippen LogP contribution in [0.3, 0.4) is 0 Å². The lowest BCUT2D eigenvalue weighted by atomic mass is 10.1. The predicted molar refractivity (Wildman–Crippen MR) is 78.2 cm³/mol. The van der Waals surface area contributed by atoms with Crippen molar-refractivity contribution in [1.82, 2.24) is 4.98 Å². The van der Waals surface area contributed by atoms with Gasteiger partial charge in [-0.05, 0) is 18.4 Å². The number of aryl methyl sites for hydroxylation is 1. The van der Waals surface area contributed by atoms with Gasteiger partial charge in [-0.2, -0.15) is 0 Å². The summed E-state index contributed by atoms with van der Waals surface area (Å²) in [5.41, 5.74) is 1.43. The van der Waals surface area contributed by atoms with E-state index in [2.05, 4.69) is 4.98 Å². The number of hydrogen-bond acceptors (Lipinski definition) is 3. The fraction of sp³-hybridized carbons (Fsp3) is 0.125. The third-order valence-electron chi connectivity index (χ3n) is 3.47. The topological polar surface area (TPSA) is 59.2 Å². The largest absolute Gasteiger partial charge is 0.465 e. The summed E-state index contributed by atoms with van der Waals surface area (Å²) >= 11 is 0. The van der Waals surface area contributed by atoms with Crippen LogP contribution in [0.15, 0.2) is 41.2 Å². The molecule has 1 N–H and O–H groups in total. The molecule has 4 nitrogen and oxygen atoms in total. The zero-order chi connectivity index (χ0) is 14.3. The first-order chi connectivity index (χ1) is 9.63. The summed E-state index contributed by atoms with van der Waals surface area (Å²) in [5.74, 6) is -0.499. The molecule has 0 saturated carbocycles. The molecular weight excluding hydrogens is 254 g/mol. The minimum Gasteiger partial charge on any atom is -0.465 e. The van der Waals surface area contributed by atoms with Gasteiger partial charge in [-0.3, -0.25) is 4.79 Å². The quantitative estimate of drug-likeness (QED) is 0.690. The molecule has 3 rings (SSSR count). The van der Waals surface area contributed by atoms with E-state index in [1.807, 2.05) is 30.3 Å². The molecule has 0 aliphatic rings. The summed E-state index contributed by atoms with van der Waals surface area (Å²) in [6, 6.07) is 11.0. The van der Waals surface area contributed by atoms with Crippen LogP contribution in [0.1, 0.15) is 16.1 Å². The van der Waals surface area contributed by atoms with Crippen LogP contribution in [0.2, 0.25) is 0 Å². The molecule has 1 aromatic heterocycles. The molecule has 0 saturated heterocycles. The van der Waals surface area contributed by atoms with E-state index in [9.17, 15) is 9.59 Å². The van der Waals surface area contributed by atoms with Gasteiger partial charge < -0.3 is 9.72 Å². The van der Waals surface area contributed by atoms with E-state index in [4.69, 9.17) is 4.74 Å². The number of carbonyl (C=O) groups is 1. The third-order valence-corrected chi connectivity index (χ3v) is 3.47. The van der Waals surface area contributed by atoms with Crippen molar-refractivity contribution >= 4 is 27.6 Å². The van der Waals surface area contributed by atoms with Gasteiger partial charge in [0.25, 0.3) is 0 Å². The molecule has 0 radical (unpaired) electrons. The number of carbonyl (C=O) groups excluding carboxylic acids is 1. The maximum absolute atomic E-state index is 12.7. The van der Waals surface area contributed by atoms with E-state index >= 15 is 0 Å². The fourth-order valence-corrected chi connectivity index (χ4v) is 2.52. The summed E-state index contributed by atoms with van der Waals surface area (Å²) in [5, 5.41) is 1.82. The predicted octanol–water partition coefficient (Wildman–Crippen LogP) is 2.78. The smallest absolute Gasteiger partial charge is 0.340 e. The molecule has 0 atom stereocenters. The Bertz CT molecular complexity index is 893. The summed E-state index contributed by atoms with van der Waals surface area (Å²) in [4.78, 5) is 27.7. The average molecular weight is 267 g/mol. The van der Waals surface area contributed by atoms with Crippen LogP contribution < -0.4 is 5.43 Å². The first-order valence-electron chi connectivity index (χ1n) is 6.26. The molecule has 20 heavy (non-hydrogen) atoms. The van der Waals surface area contributed by atoms with Crippen molar-refractivity contribution in [2.75, 3.05) is 7.11 Å². The standard InChI is InChI=1S/C16H13NO3/c1-9-13(16(19)20-2)14-12(17-9)8-7-10-5-3-4-6-11(10)15(14)18/h3-8,17H,1-2H3. The molecule has 0 aliphatic carbocycles. The molecule has 3 aromatic rings. The van der Waals surface area contributed by atoms with Crippen molar-refractivity contribution in [3.8, 4) is 0 Å². The second kappa shape index (κ2) is 4.49. The minimum absolute atomic E-state index is 0.162. The maximum atomic E-state index is 12.7. The van der Waals surface area contributed by atoms with Crippen molar-refractivity contribution in [1.29, 1.82) is 0 Å². The first-order valence-corrected chi connectivity index (χ1v) is 6.26. The molecular formula is C16H13NO3. The molecule has 4 heteroatoms. The molecule has 1 heterocycles. The number of esters is 1. The Labute approximate surface area is 115 Å². The molecule has 0 unspecified atom stereocenters. The van der Waals surface area contributed by atoms with Gasteiger partial charge in [0, 0.05) is 11.1 Å². The third kappa shape index (κ3) is 1.69. The van der Waals surface area contributed by atoms with Gasteiger partial charge in [0.1, 0.15) is 0 Å². The summed E-state index contributed by atoms with van der Waals surface area (Å²) in [7, 11) is 1.31. The highest BCUT2D eigenvalue weighted by Crippen LogP contribution is 2.21. The van der Waals surface area contributed by atoms with Gasteiger partial charge >= 0.3 is 5.97 Å². The Morgan fingerprint density at radius 2 is 1.90 bits per heavy atom. The van der Waals surface area contributed by atoms with Gasteiger partial charge in [-0.25, -0.2) is 4.79 Å². The van der Waals surface area contributed by atoms with E-state index in [-0.39, 0.29) is 5.43 Å². The van der Waals surface area contributed by atoms with E-state index < -0.39 is 5.97 Å². The molecule has 0 fully saturated rings. The Balaban J connectivity index is 2.58. The van der Waals surface area contributed by atoms with Crippen molar-refractivity contribution < 1.29 is 9.53 Å². The van der Waals surface area contributed by atoms with Crippen molar-refractivity contribution in [2.45, 2.75) is 6.92 Å². The van der Waals surface area contributed by atoms with E-state index in [0.717, 1.165) is 5.39 Å². The number of nitrogens with one attached hydrogen (secondary N) is 1. The van der Waals surface area contributed by atoms with E-state index in [0.29, 0.717) is 27.5 Å². The molecule has 0 amide bonds. The number of methoxy groups -OCH3 is 1. The van der Waals surface area contributed by atoms with Crippen molar-refractivity contribution in [3.05, 3.63) is 57.9 Å². The van der Waals surface area contributed by atoms with Gasteiger partial charge in [0.05, 0.1) is 23.6 Å². The second-order valence-electron chi connectivity index (χ2n) is 4.65. The highest BCUT2D eigenvalue weighted by atomic mass is 16.5. The number of aromatic amines is 1. The SMILES string of the molecule is COC(=O)c1c(C)[nH]c2ccc3ccccc3c(=O)c12. The maximum Gasteiger partial charge on any atom is 0.340 e. The summed E-state index contributed by atoms with van der Waals surface area (Å²) < 4.78 is 4.78. The second-order valence-corrected chi connectivity index (χ2v) is 4.65. The number of fused-ring (bicyclic) bond motifs is 2. The van der Waals surface area contributed by atoms with Crippen LogP contribution in [0.25, 0.3) is 21.7 Å². The molecule has 0 spiro atoms. The Hall–Kier alpha value is -2.62. The molecule has 0 aliphatic heterocycles. The number of rotatable bonds is 1. The van der Waals surface area contributed by atoms with Gasteiger partial charge in [-0.15, -0.1) is 0 Å². The average Bonchev–Trinajstić information content (AvgIpc) is 2.73. The summed E-state index contributed by atoms with van der Waals surface area (Å²) in [6.07, 6.45) is 0. The lowest BCUT2D eigenvalue weighted by Gasteiger charge is -1.97. The zero-order valence-electron chi connectivity index (χ0n) is 11.2. The zero-order valence-corrected chi connectivity index (χ0v) is 11.2. The van der Waals surface area contributed by atoms with Crippen LogP contribution in [-0.4, -0.2) is 18.1 Å². The van der Waals surface area contributed by atoms with Crippen molar-refractivity contribution in [2.24, 2.45) is 0 Å². The van der Waals surface area contributed by atoms with Crippen LogP contribution in [0.5, 0.6) is 0 Å². The summed E-state index contributed by atoms with van der Waals surface area (Å²) in [6.45, 7) is 1.76. The molecule has 100 valence electrons. The van der Waals surface area contributed by atoms with E-state index in [1.165, 1.54) is 7.11 Å². The molecule has 2 aromatic carbocycles. The first kappa shape index (κ1) is 12.4. The Morgan fingerprint density at radius 1 is 1.15 bits per heavy atom.